The number of anilines is 1. The Balaban J connectivity index is 1.98. The van der Waals surface area contributed by atoms with Gasteiger partial charge >= 0.3 is 0 Å². The molecule has 0 saturated carbocycles. The second-order valence-electron chi connectivity index (χ2n) is 4.85. The van der Waals surface area contributed by atoms with Gasteiger partial charge < -0.3 is 9.47 Å². The molecular weight excluding hydrogens is 308 g/mol. The van der Waals surface area contributed by atoms with Crippen molar-refractivity contribution in [1.82, 2.24) is 14.8 Å². The zero-order valence-corrected chi connectivity index (χ0v) is 13.1. The van der Waals surface area contributed by atoms with Crippen LogP contribution in [0.5, 0.6) is 11.6 Å². The highest BCUT2D eigenvalue weighted by molar-refractivity contribution is 7.92. The second-order valence-corrected chi connectivity index (χ2v) is 6.50. The van der Waals surface area contributed by atoms with Crippen LogP contribution in [0.4, 0.5) is 5.82 Å². The lowest BCUT2D eigenvalue weighted by atomic mass is 10.3. The number of methoxy groups -OCH3 is 1. The average Bonchev–Trinajstić information content (AvgIpc) is 2.92. The molecule has 2 aromatic heterocycles. The standard InChI is InChI=1S/C13H16N4O4S/c1-9-4-5-10(20-2)12(15-9)16-22(18,19)11-8-14-17-6-3-7-21-13(11)17/h4-5,8H,3,6-7H2,1-2H3,(H,15,16). The van der Waals surface area contributed by atoms with E-state index < -0.39 is 10.0 Å². The monoisotopic (exact) mass is 324 g/mol. The summed E-state index contributed by atoms with van der Waals surface area (Å²) in [6.07, 6.45) is 2.08. The van der Waals surface area contributed by atoms with Crippen molar-refractivity contribution in [3.63, 3.8) is 0 Å². The zero-order valence-electron chi connectivity index (χ0n) is 12.2. The highest BCUT2D eigenvalue weighted by Crippen LogP contribution is 2.30. The van der Waals surface area contributed by atoms with Crippen LogP contribution in [0.25, 0.3) is 0 Å². The Morgan fingerprint density at radius 2 is 2.23 bits per heavy atom. The molecule has 1 aliphatic rings. The van der Waals surface area contributed by atoms with Gasteiger partial charge in [-0.2, -0.15) is 5.10 Å². The van der Waals surface area contributed by atoms with Gasteiger partial charge in [-0.1, -0.05) is 0 Å². The number of aromatic nitrogens is 3. The van der Waals surface area contributed by atoms with Crippen molar-refractivity contribution in [2.45, 2.75) is 24.8 Å². The van der Waals surface area contributed by atoms with E-state index >= 15 is 0 Å². The van der Waals surface area contributed by atoms with Gasteiger partial charge in [-0.25, -0.2) is 18.1 Å². The summed E-state index contributed by atoms with van der Waals surface area (Å²) < 4.78 is 39.7. The van der Waals surface area contributed by atoms with Gasteiger partial charge in [-0.05, 0) is 19.1 Å². The molecule has 3 heterocycles. The van der Waals surface area contributed by atoms with Gasteiger partial charge in [-0.3, -0.25) is 4.72 Å². The summed E-state index contributed by atoms with van der Waals surface area (Å²) in [7, 11) is -2.41. The Kier molecular flexibility index (Phi) is 3.65. The van der Waals surface area contributed by atoms with Crippen molar-refractivity contribution >= 4 is 15.8 Å². The van der Waals surface area contributed by atoms with Crippen LogP contribution in [0.1, 0.15) is 12.1 Å². The third-order valence-electron chi connectivity index (χ3n) is 3.25. The maximum absolute atomic E-state index is 12.6. The molecule has 118 valence electrons. The Morgan fingerprint density at radius 1 is 1.41 bits per heavy atom. The minimum atomic E-state index is -3.86. The third-order valence-corrected chi connectivity index (χ3v) is 4.57. The average molecular weight is 324 g/mol. The maximum Gasteiger partial charge on any atom is 0.270 e. The summed E-state index contributed by atoms with van der Waals surface area (Å²) in [5.74, 6) is 0.736. The van der Waals surface area contributed by atoms with Crippen molar-refractivity contribution in [2.24, 2.45) is 0 Å². The highest BCUT2D eigenvalue weighted by atomic mass is 32.2. The number of sulfonamides is 1. The van der Waals surface area contributed by atoms with Gasteiger partial charge in [-0.15, -0.1) is 0 Å². The smallest absolute Gasteiger partial charge is 0.270 e. The molecule has 0 amide bonds. The van der Waals surface area contributed by atoms with Crippen molar-refractivity contribution in [3.8, 4) is 11.6 Å². The fourth-order valence-electron chi connectivity index (χ4n) is 2.19. The summed E-state index contributed by atoms with van der Waals surface area (Å²) in [6, 6.07) is 3.39. The number of aryl methyl sites for hydroxylation is 2. The number of hydrogen-bond donors (Lipinski definition) is 1. The topological polar surface area (TPSA) is 95.3 Å². The molecule has 0 bridgehead atoms. The molecule has 22 heavy (non-hydrogen) atoms. The Labute approximate surface area is 128 Å². The largest absolute Gasteiger partial charge is 0.493 e. The number of pyridine rings is 1. The molecule has 1 N–H and O–H groups in total. The minimum absolute atomic E-state index is 0.00226. The molecule has 0 spiro atoms. The summed E-state index contributed by atoms with van der Waals surface area (Å²) in [6.45, 7) is 2.87. The van der Waals surface area contributed by atoms with Gasteiger partial charge in [0.15, 0.2) is 16.5 Å². The maximum atomic E-state index is 12.6. The summed E-state index contributed by atoms with van der Waals surface area (Å²) in [5.41, 5.74) is 0.673. The van der Waals surface area contributed by atoms with E-state index in [1.165, 1.54) is 13.3 Å². The van der Waals surface area contributed by atoms with Crippen LogP contribution >= 0.6 is 0 Å². The second kappa shape index (κ2) is 5.48. The molecule has 0 saturated heterocycles. The van der Waals surface area contributed by atoms with E-state index in [1.54, 1.807) is 23.7 Å². The van der Waals surface area contributed by atoms with Gasteiger partial charge in [0, 0.05) is 18.7 Å². The van der Waals surface area contributed by atoms with Gasteiger partial charge in [0.2, 0.25) is 5.88 Å². The SMILES string of the molecule is COc1ccc(C)nc1NS(=O)(=O)c1cnn2c1OCCC2. The summed E-state index contributed by atoms with van der Waals surface area (Å²) in [4.78, 5) is 4.17. The van der Waals surface area contributed by atoms with Crippen molar-refractivity contribution in [1.29, 1.82) is 0 Å². The number of rotatable bonds is 4. The fourth-order valence-corrected chi connectivity index (χ4v) is 3.28. The van der Waals surface area contributed by atoms with E-state index in [0.29, 0.717) is 24.6 Å². The summed E-state index contributed by atoms with van der Waals surface area (Å²) in [5, 5.41) is 4.05. The molecule has 0 unspecified atom stereocenters. The molecule has 3 rings (SSSR count). The van der Waals surface area contributed by atoms with Gasteiger partial charge in [0.1, 0.15) is 0 Å². The Bertz CT molecular complexity index is 800. The van der Waals surface area contributed by atoms with Crippen LogP contribution < -0.4 is 14.2 Å². The predicted octanol–water partition coefficient (Wildman–Crippen LogP) is 1.18. The van der Waals surface area contributed by atoms with E-state index in [9.17, 15) is 8.42 Å². The first kappa shape index (κ1) is 14.6. The Hall–Kier alpha value is -2.29. The minimum Gasteiger partial charge on any atom is -0.493 e. The number of nitrogens with zero attached hydrogens (tertiary/aromatic N) is 3. The van der Waals surface area contributed by atoms with Crippen LogP contribution in [-0.2, 0) is 16.6 Å². The van der Waals surface area contributed by atoms with Crippen LogP contribution in [-0.4, -0.2) is 36.9 Å². The molecular formula is C13H16N4O4S. The quantitative estimate of drug-likeness (QED) is 0.907. The zero-order chi connectivity index (χ0) is 15.7. The lowest BCUT2D eigenvalue weighted by molar-refractivity contribution is 0.224. The molecule has 0 aromatic carbocycles. The molecule has 0 aliphatic carbocycles. The number of fused-ring (bicyclic) bond motifs is 1. The van der Waals surface area contributed by atoms with Crippen molar-refractivity contribution in [3.05, 3.63) is 24.0 Å². The third kappa shape index (κ3) is 2.59. The Morgan fingerprint density at radius 3 is 3.00 bits per heavy atom. The fraction of sp³-hybridized carbons (Fsp3) is 0.385. The normalized spacial score (nSPS) is 14.1. The van der Waals surface area contributed by atoms with Crippen molar-refractivity contribution < 1.29 is 17.9 Å². The first-order chi connectivity index (χ1) is 10.5. The highest BCUT2D eigenvalue weighted by Gasteiger charge is 2.27. The summed E-state index contributed by atoms with van der Waals surface area (Å²) >= 11 is 0. The molecule has 0 fully saturated rings. The van der Waals surface area contributed by atoms with E-state index in [0.717, 1.165) is 6.42 Å². The van der Waals surface area contributed by atoms with Crippen LogP contribution in [0.3, 0.4) is 0 Å². The molecule has 9 heteroatoms. The van der Waals surface area contributed by atoms with Crippen molar-refractivity contribution in [2.75, 3.05) is 18.4 Å². The number of ether oxygens (including phenoxy) is 2. The molecule has 2 aromatic rings. The first-order valence-electron chi connectivity index (χ1n) is 6.74. The molecule has 8 nitrogen and oxygen atoms in total. The van der Waals surface area contributed by atoms with Crippen LogP contribution in [0.2, 0.25) is 0 Å². The van der Waals surface area contributed by atoms with E-state index in [1.807, 2.05) is 0 Å². The number of hydrogen-bond acceptors (Lipinski definition) is 6. The molecule has 0 atom stereocenters. The lowest BCUT2D eigenvalue weighted by Crippen LogP contribution is -2.19. The first-order valence-corrected chi connectivity index (χ1v) is 8.22. The van der Waals surface area contributed by atoms with Crippen LogP contribution in [0, 0.1) is 6.92 Å². The van der Waals surface area contributed by atoms with E-state index in [4.69, 9.17) is 9.47 Å². The molecule has 0 radical (unpaired) electrons. The van der Waals surface area contributed by atoms with E-state index in [2.05, 4.69) is 14.8 Å². The van der Waals surface area contributed by atoms with Crippen LogP contribution in [0.15, 0.2) is 23.2 Å². The van der Waals surface area contributed by atoms with Gasteiger partial charge in [0.25, 0.3) is 10.0 Å². The number of nitrogens with one attached hydrogen (secondary N) is 1. The predicted molar refractivity (Wildman–Crippen MR) is 78.7 cm³/mol. The lowest BCUT2D eigenvalue weighted by Gasteiger charge is -2.16. The molecule has 1 aliphatic heterocycles. The van der Waals surface area contributed by atoms with Gasteiger partial charge in [0.05, 0.1) is 19.9 Å². The van der Waals surface area contributed by atoms with E-state index in [-0.39, 0.29) is 16.6 Å².